The van der Waals surface area contributed by atoms with Gasteiger partial charge in [0, 0.05) is 12.6 Å². The summed E-state index contributed by atoms with van der Waals surface area (Å²) in [4.78, 5) is 2.66. The lowest BCUT2D eigenvalue weighted by molar-refractivity contribution is 0.159. The molecule has 118 valence electrons. The first-order valence-electron chi connectivity index (χ1n) is 8.59. The zero-order valence-corrected chi connectivity index (χ0v) is 14.3. The van der Waals surface area contributed by atoms with E-state index in [1.165, 1.54) is 61.0 Å². The van der Waals surface area contributed by atoms with Gasteiger partial charge in [-0.3, -0.25) is 0 Å². The molecule has 1 aliphatic rings. The van der Waals surface area contributed by atoms with Crippen molar-refractivity contribution in [3.63, 3.8) is 0 Å². The predicted octanol–water partition coefficient (Wildman–Crippen LogP) is 3.97. The molecule has 0 amide bonds. The monoisotopic (exact) mass is 288 g/mol. The topological polar surface area (TPSA) is 15.3 Å². The Hall–Kier alpha value is -0.860. The van der Waals surface area contributed by atoms with Gasteiger partial charge in [0.25, 0.3) is 0 Å². The quantitative estimate of drug-likeness (QED) is 0.797. The minimum Gasteiger partial charge on any atom is -0.313 e. The van der Waals surface area contributed by atoms with Gasteiger partial charge in [0.1, 0.15) is 0 Å². The first-order chi connectivity index (χ1) is 10.1. The maximum atomic E-state index is 3.63. The molecule has 0 spiro atoms. The molecule has 21 heavy (non-hydrogen) atoms. The van der Waals surface area contributed by atoms with Gasteiger partial charge >= 0.3 is 0 Å². The molecule has 0 bridgehead atoms. The van der Waals surface area contributed by atoms with Crippen LogP contribution in [0.4, 0.5) is 0 Å². The van der Waals surface area contributed by atoms with Crippen LogP contribution in [0.5, 0.6) is 0 Å². The fourth-order valence-corrected chi connectivity index (χ4v) is 3.60. The van der Waals surface area contributed by atoms with Crippen molar-refractivity contribution in [1.29, 1.82) is 0 Å². The molecule has 0 aromatic heterocycles. The molecule has 0 saturated carbocycles. The van der Waals surface area contributed by atoms with E-state index >= 15 is 0 Å². The first-order valence-corrected chi connectivity index (χ1v) is 8.59. The summed E-state index contributed by atoms with van der Waals surface area (Å²) in [5.41, 5.74) is 5.69. The lowest BCUT2D eigenvalue weighted by Crippen LogP contribution is -2.38. The Morgan fingerprint density at radius 1 is 1.14 bits per heavy atom. The van der Waals surface area contributed by atoms with E-state index in [0.717, 1.165) is 19.1 Å². The highest BCUT2D eigenvalue weighted by atomic mass is 15.2. The molecule has 2 rings (SSSR count). The molecular weight excluding hydrogens is 256 g/mol. The van der Waals surface area contributed by atoms with Crippen LogP contribution >= 0.6 is 0 Å². The molecule has 0 aliphatic carbocycles. The number of hydrogen-bond acceptors (Lipinski definition) is 2. The van der Waals surface area contributed by atoms with E-state index in [-0.39, 0.29) is 0 Å². The smallest absolute Gasteiger partial charge is 0.0210 e. The first kappa shape index (κ1) is 16.5. The highest BCUT2D eigenvalue weighted by Gasteiger charge is 2.16. The average Bonchev–Trinajstić information content (AvgIpc) is 2.42. The average molecular weight is 288 g/mol. The van der Waals surface area contributed by atoms with Crippen molar-refractivity contribution in [2.75, 3.05) is 19.6 Å². The van der Waals surface area contributed by atoms with Gasteiger partial charge in [0.05, 0.1) is 0 Å². The molecule has 1 unspecified atom stereocenters. The van der Waals surface area contributed by atoms with Crippen molar-refractivity contribution in [3.8, 4) is 0 Å². The van der Waals surface area contributed by atoms with Gasteiger partial charge in [-0.05, 0) is 83.3 Å². The lowest BCUT2D eigenvalue weighted by Gasteiger charge is -2.33. The standard InChI is InChI=1S/C19H32N2/c1-15-12-16(2)19(17(3)13-15)14-20-9-7-11-21-10-6-5-8-18(21)4/h12-13,18,20H,5-11,14H2,1-4H3. The third-order valence-corrected chi connectivity index (χ3v) is 4.88. The van der Waals surface area contributed by atoms with Crippen molar-refractivity contribution >= 4 is 0 Å². The van der Waals surface area contributed by atoms with Gasteiger partial charge in [0.2, 0.25) is 0 Å². The maximum absolute atomic E-state index is 3.63. The van der Waals surface area contributed by atoms with Crippen LogP contribution in [0, 0.1) is 20.8 Å². The normalized spacial score (nSPS) is 19.9. The summed E-state index contributed by atoms with van der Waals surface area (Å²) in [5, 5.41) is 3.63. The van der Waals surface area contributed by atoms with E-state index in [1.54, 1.807) is 0 Å². The molecule has 1 saturated heterocycles. The van der Waals surface area contributed by atoms with Crippen molar-refractivity contribution in [2.24, 2.45) is 0 Å². The summed E-state index contributed by atoms with van der Waals surface area (Å²) >= 11 is 0. The zero-order chi connectivity index (χ0) is 15.2. The molecule has 1 aliphatic heterocycles. The summed E-state index contributed by atoms with van der Waals surface area (Å²) in [6.07, 6.45) is 5.45. The van der Waals surface area contributed by atoms with Crippen molar-refractivity contribution in [2.45, 2.75) is 66.0 Å². The van der Waals surface area contributed by atoms with E-state index in [1.807, 2.05) is 0 Å². The second kappa shape index (κ2) is 7.95. The summed E-state index contributed by atoms with van der Waals surface area (Å²) in [6.45, 7) is 13.7. The number of rotatable bonds is 6. The van der Waals surface area contributed by atoms with Gasteiger partial charge < -0.3 is 10.2 Å². The Labute approximate surface area is 130 Å². The van der Waals surface area contributed by atoms with Crippen LogP contribution < -0.4 is 5.32 Å². The van der Waals surface area contributed by atoms with E-state index < -0.39 is 0 Å². The molecule has 1 aromatic carbocycles. The van der Waals surface area contributed by atoms with Crippen molar-refractivity contribution < 1.29 is 0 Å². The van der Waals surface area contributed by atoms with Crippen LogP contribution in [-0.4, -0.2) is 30.6 Å². The second-order valence-corrected chi connectivity index (χ2v) is 6.79. The van der Waals surface area contributed by atoms with E-state index in [9.17, 15) is 0 Å². The highest BCUT2D eigenvalue weighted by Crippen LogP contribution is 2.17. The number of benzene rings is 1. The predicted molar refractivity (Wildman–Crippen MR) is 91.9 cm³/mol. The highest BCUT2D eigenvalue weighted by molar-refractivity contribution is 5.37. The number of hydrogen-bond donors (Lipinski definition) is 1. The van der Waals surface area contributed by atoms with Gasteiger partial charge in [-0.15, -0.1) is 0 Å². The van der Waals surface area contributed by atoms with Crippen LogP contribution in [-0.2, 0) is 6.54 Å². The Balaban J connectivity index is 1.70. The Morgan fingerprint density at radius 2 is 1.86 bits per heavy atom. The molecule has 1 atom stereocenters. The number of nitrogens with zero attached hydrogens (tertiary/aromatic N) is 1. The van der Waals surface area contributed by atoms with Gasteiger partial charge in [-0.25, -0.2) is 0 Å². The van der Waals surface area contributed by atoms with Gasteiger partial charge in [-0.1, -0.05) is 24.1 Å². The molecule has 2 nitrogen and oxygen atoms in total. The minimum atomic E-state index is 0.792. The van der Waals surface area contributed by atoms with E-state index in [0.29, 0.717) is 0 Å². The van der Waals surface area contributed by atoms with Crippen LogP contribution in [0.2, 0.25) is 0 Å². The van der Waals surface area contributed by atoms with Gasteiger partial charge in [-0.2, -0.15) is 0 Å². The number of piperidine rings is 1. The fraction of sp³-hybridized carbons (Fsp3) is 0.684. The molecule has 1 N–H and O–H groups in total. The SMILES string of the molecule is Cc1cc(C)c(CNCCCN2CCCCC2C)c(C)c1. The number of aryl methyl sites for hydroxylation is 3. The Kier molecular flexibility index (Phi) is 6.25. The molecule has 2 heteroatoms. The fourth-order valence-electron chi connectivity index (χ4n) is 3.60. The third kappa shape index (κ3) is 4.82. The zero-order valence-electron chi connectivity index (χ0n) is 14.3. The summed E-state index contributed by atoms with van der Waals surface area (Å²) in [6, 6.07) is 5.37. The molecule has 0 radical (unpaired) electrons. The van der Waals surface area contributed by atoms with Crippen LogP contribution in [0.1, 0.15) is 54.9 Å². The molecule has 1 aromatic rings. The molecule has 1 fully saturated rings. The summed E-state index contributed by atoms with van der Waals surface area (Å²) in [7, 11) is 0. The van der Waals surface area contributed by atoms with E-state index in [2.05, 4.69) is 50.0 Å². The third-order valence-electron chi connectivity index (χ3n) is 4.88. The van der Waals surface area contributed by atoms with E-state index in [4.69, 9.17) is 0 Å². The largest absolute Gasteiger partial charge is 0.313 e. The Morgan fingerprint density at radius 3 is 2.52 bits per heavy atom. The second-order valence-electron chi connectivity index (χ2n) is 6.79. The number of likely N-dealkylation sites (tertiary alicyclic amines) is 1. The van der Waals surface area contributed by atoms with Crippen molar-refractivity contribution in [1.82, 2.24) is 10.2 Å². The molecule has 1 heterocycles. The number of nitrogens with one attached hydrogen (secondary N) is 1. The lowest BCUT2D eigenvalue weighted by atomic mass is 10.00. The van der Waals surface area contributed by atoms with Crippen molar-refractivity contribution in [3.05, 3.63) is 34.4 Å². The van der Waals surface area contributed by atoms with Gasteiger partial charge in [0.15, 0.2) is 0 Å². The Bertz CT molecular complexity index is 430. The summed E-state index contributed by atoms with van der Waals surface area (Å²) < 4.78 is 0. The van der Waals surface area contributed by atoms with Crippen LogP contribution in [0.15, 0.2) is 12.1 Å². The van der Waals surface area contributed by atoms with Crippen LogP contribution in [0.25, 0.3) is 0 Å². The minimum absolute atomic E-state index is 0.792. The summed E-state index contributed by atoms with van der Waals surface area (Å²) in [5.74, 6) is 0. The molecular formula is C19H32N2. The van der Waals surface area contributed by atoms with Crippen LogP contribution in [0.3, 0.4) is 0 Å². The maximum Gasteiger partial charge on any atom is 0.0210 e.